The molecule has 0 spiro atoms. The summed E-state index contributed by atoms with van der Waals surface area (Å²) in [5, 5.41) is 10.5. The first-order chi connectivity index (χ1) is 12.4. The summed E-state index contributed by atoms with van der Waals surface area (Å²) in [6.45, 7) is -0.0974. The van der Waals surface area contributed by atoms with Gasteiger partial charge in [0.25, 0.3) is 0 Å². The van der Waals surface area contributed by atoms with E-state index in [1.54, 1.807) is 23.9 Å². The summed E-state index contributed by atoms with van der Waals surface area (Å²) in [6, 6.07) is 6.45. The molecule has 1 aromatic heterocycles. The van der Waals surface area contributed by atoms with Gasteiger partial charge in [-0.15, -0.1) is 0 Å². The zero-order valence-electron chi connectivity index (χ0n) is 14.7. The minimum Gasteiger partial charge on any atom is -0.484 e. The van der Waals surface area contributed by atoms with Crippen LogP contribution in [-0.4, -0.2) is 42.1 Å². The second-order valence-corrected chi connectivity index (χ2v) is 5.67. The van der Waals surface area contributed by atoms with Crippen LogP contribution in [0.2, 0.25) is 0 Å². The molecule has 2 aromatic rings. The quantitative estimate of drug-likeness (QED) is 0.581. The molecule has 0 aliphatic rings. The number of guanidine groups is 1. The van der Waals surface area contributed by atoms with E-state index in [0.717, 1.165) is 17.5 Å². The lowest BCUT2D eigenvalue weighted by atomic mass is 10.2. The van der Waals surface area contributed by atoms with Crippen LogP contribution < -0.4 is 15.4 Å². The Hall–Kier alpha value is -2.71. The zero-order chi connectivity index (χ0) is 19.0. The number of alkyl halides is 3. The van der Waals surface area contributed by atoms with Crippen LogP contribution in [0, 0.1) is 0 Å². The highest BCUT2D eigenvalue weighted by Crippen LogP contribution is 2.18. The summed E-state index contributed by atoms with van der Waals surface area (Å²) in [6.07, 6.45) is 0.258. The lowest BCUT2D eigenvalue weighted by Gasteiger charge is -2.12. The van der Waals surface area contributed by atoms with Crippen molar-refractivity contribution >= 4 is 5.96 Å². The molecule has 0 unspecified atom stereocenters. The Labute approximate surface area is 150 Å². The molecule has 0 saturated carbocycles. The highest BCUT2D eigenvalue weighted by atomic mass is 19.4. The zero-order valence-corrected chi connectivity index (χ0v) is 14.7. The van der Waals surface area contributed by atoms with Crippen molar-refractivity contribution in [2.75, 3.05) is 20.2 Å². The topological polar surface area (TPSA) is 63.5 Å². The maximum Gasteiger partial charge on any atom is 0.422 e. The molecule has 0 radical (unpaired) electrons. The van der Waals surface area contributed by atoms with E-state index < -0.39 is 12.8 Å². The average molecular weight is 369 g/mol. The van der Waals surface area contributed by atoms with Gasteiger partial charge in [-0.05, 0) is 29.7 Å². The molecule has 0 aliphatic heterocycles. The number of nitrogens with zero attached hydrogens (tertiary/aromatic N) is 3. The molecule has 0 amide bonds. The van der Waals surface area contributed by atoms with Crippen molar-refractivity contribution < 1.29 is 17.9 Å². The number of aliphatic imine (C=N–C) groups is 1. The van der Waals surface area contributed by atoms with Crippen LogP contribution in [0.1, 0.15) is 11.1 Å². The fraction of sp³-hybridized carbons (Fsp3) is 0.412. The Morgan fingerprint density at radius 2 is 1.92 bits per heavy atom. The van der Waals surface area contributed by atoms with Crippen LogP contribution in [0.3, 0.4) is 0 Å². The minimum atomic E-state index is -4.34. The number of ether oxygens (including phenoxy) is 1. The van der Waals surface area contributed by atoms with Gasteiger partial charge < -0.3 is 15.4 Å². The van der Waals surface area contributed by atoms with Gasteiger partial charge in [0, 0.05) is 33.4 Å². The fourth-order valence-electron chi connectivity index (χ4n) is 2.20. The highest BCUT2D eigenvalue weighted by Gasteiger charge is 2.28. The molecular formula is C17H22F3N5O. The van der Waals surface area contributed by atoms with Gasteiger partial charge in [0.2, 0.25) is 0 Å². The molecule has 2 rings (SSSR count). The molecule has 9 heteroatoms. The van der Waals surface area contributed by atoms with Crippen LogP contribution in [0.4, 0.5) is 13.2 Å². The monoisotopic (exact) mass is 369 g/mol. The molecule has 0 saturated heterocycles. The first-order valence-electron chi connectivity index (χ1n) is 8.06. The van der Waals surface area contributed by atoms with E-state index in [-0.39, 0.29) is 5.75 Å². The van der Waals surface area contributed by atoms with Gasteiger partial charge in [-0.2, -0.15) is 18.3 Å². The van der Waals surface area contributed by atoms with E-state index in [1.165, 1.54) is 12.1 Å². The van der Waals surface area contributed by atoms with Crippen molar-refractivity contribution in [3.63, 3.8) is 0 Å². The minimum absolute atomic E-state index is 0.185. The average Bonchev–Trinajstić information content (AvgIpc) is 3.01. The van der Waals surface area contributed by atoms with Crippen LogP contribution in [-0.2, 0) is 20.0 Å². The van der Waals surface area contributed by atoms with Crippen molar-refractivity contribution in [1.29, 1.82) is 0 Å². The second kappa shape index (κ2) is 9.12. The number of rotatable bonds is 7. The molecule has 1 heterocycles. The number of benzene rings is 1. The molecule has 0 atom stereocenters. The van der Waals surface area contributed by atoms with Crippen LogP contribution in [0.15, 0.2) is 41.7 Å². The van der Waals surface area contributed by atoms with Gasteiger partial charge >= 0.3 is 6.18 Å². The van der Waals surface area contributed by atoms with Gasteiger partial charge in [0.05, 0.1) is 6.20 Å². The van der Waals surface area contributed by atoms with Crippen LogP contribution >= 0.6 is 0 Å². The Balaban J connectivity index is 1.73. The molecule has 0 fully saturated rings. The Morgan fingerprint density at radius 3 is 2.50 bits per heavy atom. The van der Waals surface area contributed by atoms with Crippen molar-refractivity contribution in [1.82, 2.24) is 20.4 Å². The molecule has 0 bridgehead atoms. The molecule has 6 nitrogen and oxygen atoms in total. The van der Waals surface area contributed by atoms with E-state index in [4.69, 9.17) is 0 Å². The van der Waals surface area contributed by atoms with Crippen molar-refractivity contribution in [2.45, 2.75) is 19.1 Å². The van der Waals surface area contributed by atoms with Gasteiger partial charge in [-0.3, -0.25) is 9.67 Å². The summed E-state index contributed by atoms with van der Waals surface area (Å²) >= 11 is 0. The molecule has 26 heavy (non-hydrogen) atoms. The van der Waals surface area contributed by atoms with Crippen LogP contribution in [0.5, 0.6) is 5.75 Å². The number of nitrogens with one attached hydrogen (secondary N) is 2. The normalized spacial score (nSPS) is 12.1. The number of hydrogen-bond donors (Lipinski definition) is 2. The first-order valence-corrected chi connectivity index (χ1v) is 8.06. The third-order valence-electron chi connectivity index (χ3n) is 3.47. The predicted octanol–water partition coefficient (Wildman–Crippen LogP) is 2.27. The summed E-state index contributed by atoms with van der Waals surface area (Å²) < 4.78 is 42.8. The molecule has 1 aromatic carbocycles. The van der Waals surface area contributed by atoms with Crippen molar-refractivity contribution in [3.05, 3.63) is 47.8 Å². The molecule has 0 aliphatic carbocycles. The largest absolute Gasteiger partial charge is 0.484 e. The third-order valence-corrected chi connectivity index (χ3v) is 3.47. The fourth-order valence-corrected chi connectivity index (χ4v) is 2.20. The van der Waals surface area contributed by atoms with Gasteiger partial charge in [-0.25, -0.2) is 0 Å². The lowest BCUT2D eigenvalue weighted by Crippen LogP contribution is -2.37. The molecule has 142 valence electrons. The van der Waals surface area contributed by atoms with Gasteiger partial charge in [-0.1, -0.05) is 12.1 Å². The van der Waals surface area contributed by atoms with Crippen molar-refractivity contribution in [2.24, 2.45) is 12.0 Å². The summed E-state index contributed by atoms with van der Waals surface area (Å²) in [5.74, 6) is 0.830. The van der Waals surface area contributed by atoms with Crippen molar-refractivity contribution in [3.8, 4) is 5.75 Å². The first kappa shape index (κ1) is 19.6. The summed E-state index contributed by atoms with van der Waals surface area (Å²) in [5.41, 5.74) is 2.03. The van der Waals surface area contributed by atoms with E-state index >= 15 is 0 Å². The van der Waals surface area contributed by atoms with Gasteiger partial charge in [0.1, 0.15) is 5.75 Å². The van der Waals surface area contributed by atoms with E-state index in [9.17, 15) is 13.2 Å². The van der Waals surface area contributed by atoms with Crippen LogP contribution in [0.25, 0.3) is 0 Å². The Morgan fingerprint density at radius 1 is 1.19 bits per heavy atom. The van der Waals surface area contributed by atoms with E-state index in [2.05, 4.69) is 25.5 Å². The third kappa shape index (κ3) is 7.04. The number of halogens is 3. The number of hydrogen-bond acceptors (Lipinski definition) is 3. The molecule has 2 N–H and O–H groups in total. The predicted molar refractivity (Wildman–Crippen MR) is 93.1 cm³/mol. The van der Waals surface area contributed by atoms with E-state index in [1.807, 2.05) is 19.4 Å². The van der Waals surface area contributed by atoms with E-state index in [0.29, 0.717) is 19.0 Å². The lowest BCUT2D eigenvalue weighted by molar-refractivity contribution is -0.153. The maximum atomic E-state index is 12.1. The summed E-state index contributed by atoms with van der Waals surface area (Å²) in [7, 11) is 3.55. The summed E-state index contributed by atoms with van der Waals surface area (Å²) in [4.78, 5) is 4.14. The molecular weight excluding hydrogens is 347 g/mol. The highest BCUT2D eigenvalue weighted by molar-refractivity contribution is 5.79. The Bertz CT molecular complexity index is 710. The standard InChI is InChI=1S/C17H22F3N5O/c1-21-16(22-8-7-14-10-24-25(2)11-14)23-9-13-3-5-15(6-4-13)26-12-17(18,19)20/h3-6,10-11H,7-9,12H2,1-2H3,(H2,21,22,23). The second-order valence-electron chi connectivity index (χ2n) is 5.67. The number of aryl methyl sites for hydroxylation is 1. The number of aromatic nitrogens is 2. The maximum absolute atomic E-state index is 12.1. The smallest absolute Gasteiger partial charge is 0.422 e. The Kier molecular flexibility index (Phi) is 6.88. The van der Waals surface area contributed by atoms with Gasteiger partial charge in [0.15, 0.2) is 12.6 Å². The SMILES string of the molecule is CN=C(NCCc1cnn(C)c1)NCc1ccc(OCC(F)(F)F)cc1.